The zero-order valence-electron chi connectivity index (χ0n) is 16.6. The summed E-state index contributed by atoms with van der Waals surface area (Å²) in [6.07, 6.45) is -2.31. The van der Waals surface area contributed by atoms with E-state index in [1.54, 1.807) is 6.92 Å². The van der Waals surface area contributed by atoms with Gasteiger partial charge in [0.1, 0.15) is 11.5 Å². The van der Waals surface area contributed by atoms with E-state index in [2.05, 4.69) is 39.3 Å². The molecule has 0 fully saturated rings. The maximum Gasteiger partial charge on any atom is 0.433 e. The summed E-state index contributed by atoms with van der Waals surface area (Å²) in [7, 11) is 0. The lowest BCUT2D eigenvalue weighted by Crippen LogP contribution is -2.15. The summed E-state index contributed by atoms with van der Waals surface area (Å²) < 4.78 is 38.3. The van der Waals surface area contributed by atoms with Crippen LogP contribution < -0.4 is 5.32 Å². The third-order valence-corrected chi connectivity index (χ3v) is 4.85. The van der Waals surface area contributed by atoms with Crippen LogP contribution in [-0.4, -0.2) is 21.5 Å². The molecule has 1 atom stereocenters. The van der Waals surface area contributed by atoms with Crippen LogP contribution in [-0.2, 0) is 6.18 Å². The van der Waals surface area contributed by atoms with Gasteiger partial charge in [0.15, 0.2) is 0 Å². The average molecular weight is 400 g/mol. The summed E-state index contributed by atoms with van der Waals surface area (Å²) in [5, 5.41) is 3.36. The maximum atomic E-state index is 12.8. The third-order valence-electron chi connectivity index (χ3n) is 4.85. The first-order valence-electron chi connectivity index (χ1n) is 9.47. The number of aryl methyl sites for hydroxylation is 2. The number of nitrogens with zero attached hydrogens (tertiary/aromatic N) is 3. The van der Waals surface area contributed by atoms with E-state index in [1.165, 1.54) is 17.8 Å². The number of nitrogens with one attached hydrogen (secondary N) is 1. The van der Waals surface area contributed by atoms with Gasteiger partial charge in [-0.25, -0.2) is 4.98 Å². The van der Waals surface area contributed by atoms with Crippen LogP contribution in [0.2, 0.25) is 0 Å². The molecule has 4 nitrogen and oxygen atoms in total. The monoisotopic (exact) mass is 400 g/mol. The molecule has 0 saturated carbocycles. The first-order valence-corrected chi connectivity index (χ1v) is 9.47. The van der Waals surface area contributed by atoms with E-state index < -0.39 is 11.9 Å². The van der Waals surface area contributed by atoms with E-state index >= 15 is 0 Å². The molecule has 152 valence electrons. The summed E-state index contributed by atoms with van der Waals surface area (Å²) in [6.45, 7) is 6.46. The zero-order valence-corrected chi connectivity index (χ0v) is 16.6. The molecule has 0 aliphatic carbocycles. The normalized spacial score (nSPS) is 12.6. The van der Waals surface area contributed by atoms with Crippen LogP contribution in [0.15, 0.2) is 48.7 Å². The number of hydrogen-bond donors (Lipinski definition) is 1. The Bertz CT molecular complexity index is 954. The summed E-state index contributed by atoms with van der Waals surface area (Å²) in [6, 6.07) is 12.6. The molecule has 2 aromatic heterocycles. The number of halogens is 3. The van der Waals surface area contributed by atoms with Gasteiger partial charge in [-0.2, -0.15) is 13.2 Å². The number of aromatic nitrogens is 3. The van der Waals surface area contributed by atoms with Crippen molar-refractivity contribution in [3.63, 3.8) is 0 Å². The van der Waals surface area contributed by atoms with E-state index in [0.29, 0.717) is 35.2 Å². The Kier molecular flexibility index (Phi) is 6.15. The van der Waals surface area contributed by atoms with Crippen molar-refractivity contribution in [3.8, 4) is 11.3 Å². The van der Waals surface area contributed by atoms with Gasteiger partial charge in [0.25, 0.3) is 0 Å². The van der Waals surface area contributed by atoms with Crippen molar-refractivity contribution in [2.24, 2.45) is 0 Å². The standard InChI is InChI=1S/C22H23F3N4/c1-4-16(17-8-6-5-7-9-17)12-27-21-15(3)28-14(2)20(29-21)18-10-11-19(26-13-18)22(23,24)25/h5-11,13,16H,4,12H2,1-3H3,(H,27,29). The highest BCUT2D eigenvalue weighted by Gasteiger charge is 2.32. The van der Waals surface area contributed by atoms with Crippen LogP contribution >= 0.6 is 0 Å². The van der Waals surface area contributed by atoms with Crippen molar-refractivity contribution in [3.05, 3.63) is 71.3 Å². The SMILES string of the molecule is CCC(CNc1nc(-c2ccc(C(F)(F)F)nc2)c(C)nc1C)c1ccccc1. The molecule has 0 bridgehead atoms. The number of rotatable bonds is 6. The number of pyridine rings is 1. The largest absolute Gasteiger partial charge is 0.433 e. The van der Waals surface area contributed by atoms with Gasteiger partial charge >= 0.3 is 6.18 Å². The number of anilines is 1. The fourth-order valence-electron chi connectivity index (χ4n) is 3.22. The minimum absolute atomic E-state index is 0.315. The summed E-state index contributed by atoms with van der Waals surface area (Å²) in [5.74, 6) is 0.940. The highest BCUT2D eigenvalue weighted by molar-refractivity contribution is 5.63. The van der Waals surface area contributed by atoms with Gasteiger partial charge in [0.2, 0.25) is 0 Å². The predicted octanol–water partition coefficient (Wildman–Crippen LogP) is 5.78. The molecule has 0 aliphatic heterocycles. The first-order chi connectivity index (χ1) is 13.8. The van der Waals surface area contributed by atoms with E-state index in [0.717, 1.165) is 18.2 Å². The van der Waals surface area contributed by atoms with Gasteiger partial charge in [-0.3, -0.25) is 9.97 Å². The molecule has 0 saturated heterocycles. The van der Waals surface area contributed by atoms with Crippen molar-refractivity contribution < 1.29 is 13.2 Å². The molecule has 0 radical (unpaired) electrons. The van der Waals surface area contributed by atoms with Crippen LogP contribution in [0.4, 0.5) is 19.0 Å². The molecule has 2 heterocycles. The van der Waals surface area contributed by atoms with E-state index in [-0.39, 0.29) is 0 Å². The molecule has 1 N–H and O–H groups in total. The van der Waals surface area contributed by atoms with Crippen molar-refractivity contribution in [1.82, 2.24) is 15.0 Å². The van der Waals surface area contributed by atoms with Crippen molar-refractivity contribution >= 4 is 5.82 Å². The van der Waals surface area contributed by atoms with Gasteiger partial charge in [0.05, 0.1) is 17.1 Å². The molecule has 0 spiro atoms. The van der Waals surface area contributed by atoms with Crippen molar-refractivity contribution in [1.29, 1.82) is 0 Å². The van der Waals surface area contributed by atoms with Gasteiger partial charge in [0, 0.05) is 24.2 Å². The molecule has 0 aliphatic rings. The van der Waals surface area contributed by atoms with Crippen LogP contribution in [0, 0.1) is 13.8 Å². The van der Waals surface area contributed by atoms with Gasteiger partial charge < -0.3 is 5.32 Å². The van der Waals surface area contributed by atoms with Crippen LogP contribution in [0.3, 0.4) is 0 Å². The van der Waals surface area contributed by atoms with Crippen LogP contribution in [0.25, 0.3) is 11.3 Å². The Labute approximate surface area is 168 Å². The Balaban J connectivity index is 1.84. The molecule has 0 amide bonds. The van der Waals surface area contributed by atoms with E-state index in [9.17, 15) is 13.2 Å². The number of benzene rings is 1. The van der Waals surface area contributed by atoms with Gasteiger partial charge in [-0.15, -0.1) is 0 Å². The maximum absolute atomic E-state index is 12.8. The topological polar surface area (TPSA) is 50.7 Å². The average Bonchev–Trinajstić information content (AvgIpc) is 2.70. The second kappa shape index (κ2) is 8.59. The highest BCUT2D eigenvalue weighted by Crippen LogP contribution is 2.30. The number of hydrogen-bond acceptors (Lipinski definition) is 4. The lowest BCUT2D eigenvalue weighted by Gasteiger charge is -2.18. The Morgan fingerprint density at radius 1 is 0.966 bits per heavy atom. The second-order valence-corrected chi connectivity index (χ2v) is 6.92. The first kappa shape index (κ1) is 20.8. The van der Waals surface area contributed by atoms with E-state index in [4.69, 9.17) is 0 Å². The molecule has 1 aromatic carbocycles. The molecular formula is C22H23F3N4. The quantitative estimate of drug-likeness (QED) is 0.570. The van der Waals surface area contributed by atoms with Crippen molar-refractivity contribution in [2.75, 3.05) is 11.9 Å². The second-order valence-electron chi connectivity index (χ2n) is 6.92. The Morgan fingerprint density at radius 2 is 1.69 bits per heavy atom. The highest BCUT2D eigenvalue weighted by atomic mass is 19.4. The zero-order chi connectivity index (χ0) is 21.0. The number of alkyl halides is 3. The Hall–Kier alpha value is -2.96. The summed E-state index contributed by atoms with van der Waals surface area (Å²) in [5.41, 5.74) is 2.73. The predicted molar refractivity (Wildman–Crippen MR) is 108 cm³/mol. The summed E-state index contributed by atoms with van der Waals surface area (Å²) in [4.78, 5) is 12.7. The van der Waals surface area contributed by atoms with Crippen molar-refractivity contribution in [2.45, 2.75) is 39.3 Å². The minimum atomic E-state index is -4.47. The van der Waals surface area contributed by atoms with E-state index in [1.807, 2.05) is 25.1 Å². The molecule has 29 heavy (non-hydrogen) atoms. The Morgan fingerprint density at radius 3 is 2.28 bits per heavy atom. The molecule has 7 heteroatoms. The minimum Gasteiger partial charge on any atom is -0.368 e. The lowest BCUT2D eigenvalue weighted by atomic mass is 9.96. The molecule has 1 unspecified atom stereocenters. The third kappa shape index (κ3) is 4.91. The molecule has 3 rings (SSSR count). The molecule has 3 aromatic rings. The van der Waals surface area contributed by atoms with Gasteiger partial charge in [-0.1, -0.05) is 37.3 Å². The van der Waals surface area contributed by atoms with Crippen LogP contribution in [0.1, 0.15) is 41.9 Å². The fourth-order valence-corrected chi connectivity index (χ4v) is 3.22. The summed E-state index contributed by atoms with van der Waals surface area (Å²) >= 11 is 0. The smallest absolute Gasteiger partial charge is 0.368 e. The van der Waals surface area contributed by atoms with Gasteiger partial charge in [-0.05, 0) is 38.0 Å². The fraction of sp³-hybridized carbons (Fsp3) is 0.318. The lowest BCUT2D eigenvalue weighted by molar-refractivity contribution is -0.141. The van der Waals surface area contributed by atoms with Crippen LogP contribution in [0.5, 0.6) is 0 Å². The molecular weight excluding hydrogens is 377 g/mol.